The second-order valence-electron chi connectivity index (χ2n) is 2.85. The van der Waals surface area contributed by atoms with Gasteiger partial charge in [0.25, 0.3) is 0 Å². The molecule has 3 unspecified atom stereocenters. The van der Waals surface area contributed by atoms with E-state index >= 15 is 0 Å². The molecular weight excluding hydrogens is 128 g/mol. The first kappa shape index (κ1) is 7.76. The van der Waals surface area contributed by atoms with Gasteiger partial charge in [0.15, 0.2) is 0 Å². The van der Waals surface area contributed by atoms with Gasteiger partial charge in [0.05, 0.1) is 6.10 Å². The fourth-order valence-corrected chi connectivity index (χ4v) is 1.47. The minimum atomic E-state index is -0.176. The average Bonchev–Trinajstić information content (AvgIpc) is 2.48. The highest BCUT2D eigenvalue weighted by Gasteiger charge is 2.46. The van der Waals surface area contributed by atoms with Gasteiger partial charge in [-0.25, -0.2) is 0 Å². The number of hydrogen-bond donors (Lipinski definition) is 2. The van der Waals surface area contributed by atoms with Crippen molar-refractivity contribution in [1.29, 1.82) is 0 Å². The van der Waals surface area contributed by atoms with Crippen LogP contribution in [0.5, 0.6) is 0 Å². The maximum Gasteiger partial charge on any atom is 0.0607 e. The van der Waals surface area contributed by atoms with E-state index in [0.29, 0.717) is 11.8 Å². The monoisotopic (exact) mass is 142 g/mol. The summed E-state index contributed by atoms with van der Waals surface area (Å²) in [4.78, 5) is 0. The van der Waals surface area contributed by atoms with Gasteiger partial charge in [0.2, 0.25) is 0 Å². The topological polar surface area (TPSA) is 40.5 Å². The first-order valence-corrected chi connectivity index (χ1v) is 3.71. The summed E-state index contributed by atoms with van der Waals surface area (Å²) in [5, 5.41) is 17.7. The molecule has 3 atom stereocenters. The maximum absolute atomic E-state index is 9.19. The van der Waals surface area contributed by atoms with Crippen molar-refractivity contribution >= 4 is 0 Å². The fourth-order valence-electron chi connectivity index (χ4n) is 1.47. The molecule has 1 aliphatic rings. The number of aliphatic hydroxyl groups excluding tert-OH is 2. The molecule has 2 nitrogen and oxygen atoms in total. The summed E-state index contributed by atoms with van der Waals surface area (Å²) in [6, 6.07) is 0. The molecule has 0 spiro atoms. The predicted molar refractivity (Wildman–Crippen MR) is 39.5 cm³/mol. The molecule has 2 N–H and O–H groups in total. The van der Waals surface area contributed by atoms with Crippen molar-refractivity contribution in [3.8, 4) is 0 Å². The molecule has 0 aromatic heterocycles. The lowest BCUT2D eigenvalue weighted by Gasteiger charge is -1.89. The normalized spacial score (nSPS) is 37.6. The Morgan fingerprint density at radius 2 is 2.10 bits per heavy atom. The Bertz CT molecular complexity index is 122. The molecule has 2 heteroatoms. The van der Waals surface area contributed by atoms with Crippen LogP contribution in [-0.4, -0.2) is 22.9 Å². The van der Waals surface area contributed by atoms with Gasteiger partial charge in [-0.1, -0.05) is 6.08 Å². The van der Waals surface area contributed by atoms with Crippen LogP contribution < -0.4 is 0 Å². The Hall–Kier alpha value is -0.340. The first-order valence-electron chi connectivity index (χ1n) is 3.71. The summed E-state index contributed by atoms with van der Waals surface area (Å²) in [6.07, 6.45) is 3.27. The Morgan fingerprint density at radius 1 is 1.40 bits per heavy atom. The van der Waals surface area contributed by atoms with Crippen molar-refractivity contribution in [2.45, 2.75) is 18.9 Å². The van der Waals surface area contributed by atoms with Gasteiger partial charge in [-0.2, -0.15) is 0 Å². The molecule has 0 aromatic carbocycles. The van der Waals surface area contributed by atoms with Gasteiger partial charge < -0.3 is 10.2 Å². The summed E-state index contributed by atoms with van der Waals surface area (Å²) in [7, 11) is 0. The molecule has 1 fully saturated rings. The second kappa shape index (κ2) is 3.17. The SMILES string of the molecule is C=CCC1C(O)C1CCO. The van der Waals surface area contributed by atoms with Crippen LogP contribution in [0.25, 0.3) is 0 Å². The molecule has 1 rings (SSSR count). The molecule has 58 valence electrons. The van der Waals surface area contributed by atoms with E-state index in [4.69, 9.17) is 5.11 Å². The van der Waals surface area contributed by atoms with Crippen LogP contribution in [0.15, 0.2) is 12.7 Å². The number of rotatable bonds is 4. The zero-order chi connectivity index (χ0) is 7.56. The summed E-state index contributed by atoms with van der Waals surface area (Å²) in [5.41, 5.74) is 0. The Kier molecular flexibility index (Phi) is 2.46. The van der Waals surface area contributed by atoms with Gasteiger partial charge in [-0.3, -0.25) is 0 Å². The van der Waals surface area contributed by atoms with E-state index in [1.165, 1.54) is 0 Å². The van der Waals surface area contributed by atoms with Crippen molar-refractivity contribution in [2.24, 2.45) is 11.8 Å². The first-order chi connectivity index (χ1) is 4.81. The summed E-state index contributed by atoms with van der Waals surface area (Å²) in [6.45, 7) is 3.79. The Morgan fingerprint density at radius 3 is 2.60 bits per heavy atom. The lowest BCUT2D eigenvalue weighted by Crippen LogP contribution is -1.88. The van der Waals surface area contributed by atoms with Crippen molar-refractivity contribution in [3.05, 3.63) is 12.7 Å². The number of allylic oxidation sites excluding steroid dienone is 1. The van der Waals surface area contributed by atoms with E-state index in [0.717, 1.165) is 12.8 Å². The zero-order valence-electron chi connectivity index (χ0n) is 6.03. The van der Waals surface area contributed by atoms with Crippen LogP contribution in [0.1, 0.15) is 12.8 Å². The predicted octanol–water partition coefficient (Wildman–Crippen LogP) is 0.552. The third-order valence-corrected chi connectivity index (χ3v) is 2.19. The lowest BCUT2D eigenvalue weighted by atomic mass is 10.2. The van der Waals surface area contributed by atoms with Gasteiger partial charge >= 0.3 is 0 Å². The number of hydrogen-bond acceptors (Lipinski definition) is 2. The highest BCUT2D eigenvalue weighted by atomic mass is 16.3. The van der Waals surface area contributed by atoms with E-state index in [2.05, 4.69) is 6.58 Å². The quantitative estimate of drug-likeness (QED) is 0.563. The molecule has 10 heavy (non-hydrogen) atoms. The van der Waals surface area contributed by atoms with E-state index in [-0.39, 0.29) is 12.7 Å². The van der Waals surface area contributed by atoms with Crippen molar-refractivity contribution in [2.75, 3.05) is 6.61 Å². The van der Waals surface area contributed by atoms with Crippen LogP contribution in [0.2, 0.25) is 0 Å². The summed E-state index contributed by atoms with van der Waals surface area (Å²) in [5.74, 6) is 0.715. The van der Waals surface area contributed by atoms with Crippen LogP contribution >= 0.6 is 0 Å². The zero-order valence-corrected chi connectivity index (χ0v) is 6.03. The van der Waals surface area contributed by atoms with Crippen LogP contribution in [-0.2, 0) is 0 Å². The third kappa shape index (κ3) is 1.39. The van der Waals surface area contributed by atoms with Crippen molar-refractivity contribution in [1.82, 2.24) is 0 Å². The minimum Gasteiger partial charge on any atom is -0.396 e. The third-order valence-electron chi connectivity index (χ3n) is 2.19. The van der Waals surface area contributed by atoms with Gasteiger partial charge in [0.1, 0.15) is 0 Å². The van der Waals surface area contributed by atoms with Crippen LogP contribution in [0, 0.1) is 11.8 Å². The maximum atomic E-state index is 9.19. The fraction of sp³-hybridized carbons (Fsp3) is 0.750. The molecule has 0 bridgehead atoms. The lowest BCUT2D eigenvalue weighted by molar-refractivity contribution is 0.227. The molecule has 1 aliphatic carbocycles. The summed E-state index contributed by atoms with van der Waals surface area (Å²) >= 11 is 0. The van der Waals surface area contributed by atoms with E-state index in [1.807, 2.05) is 6.08 Å². The highest BCUT2D eigenvalue weighted by Crippen LogP contribution is 2.43. The highest BCUT2D eigenvalue weighted by molar-refractivity contribution is 4.99. The van der Waals surface area contributed by atoms with E-state index in [1.54, 1.807) is 0 Å². The van der Waals surface area contributed by atoms with Gasteiger partial charge in [-0.05, 0) is 24.7 Å². The number of aliphatic hydroxyl groups is 2. The van der Waals surface area contributed by atoms with E-state index < -0.39 is 0 Å². The Balaban J connectivity index is 2.19. The molecule has 0 amide bonds. The minimum absolute atomic E-state index is 0.176. The molecule has 0 heterocycles. The molecule has 0 radical (unpaired) electrons. The molecular formula is C8H14O2. The van der Waals surface area contributed by atoms with Crippen LogP contribution in [0.3, 0.4) is 0 Å². The molecule has 1 saturated carbocycles. The van der Waals surface area contributed by atoms with Crippen molar-refractivity contribution in [3.63, 3.8) is 0 Å². The summed E-state index contributed by atoms with van der Waals surface area (Å²) < 4.78 is 0. The molecule has 0 aliphatic heterocycles. The molecule has 0 saturated heterocycles. The smallest absolute Gasteiger partial charge is 0.0607 e. The van der Waals surface area contributed by atoms with Crippen LogP contribution in [0.4, 0.5) is 0 Å². The van der Waals surface area contributed by atoms with E-state index in [9.17, 15) is 5.11 Å². The second-order valence-corrected chi connectivity index (χ2v) is 2.85. The van der Waals surface area contributed by atoms with Crippen molar-refractivity contribution < 1.29 is 10.2 Å². The Labute approximate surface area is 61.2 Å². The molecule has 0 aromatic rings. The standard InChI is InChI=1S/C8H14O2/c1-2-3-6-7(4-5-9)8(6)10/h2,6-10H,1,3-5H2. The van der Waals surface area contributed by atoms with Gasteiger partial charge in [0, 0.05) is 6.61 Å². The average molecular weight is 142 g/mol. The largest absolute Gasteiger partial charge is 0.396 e. The van der Waals surface area contributed by atoms with Gasteiger partial charge in [-0.15, -0.1) is 6.58 Å².